The van der Waals surface area contributed by atoms with E-state index in [1.54, 1.807) is 0 Å². The summed E-state index contributed by atoms with van der Waals surface area (Å²) in [6.45, 7) is 6.65. The summed E-state index contributed by atoms with van der Waals surface area (Å²) >= 11 is 0. The fraction of sp³-hybridized carbons (Fsp3) is 0.667. The van der Waals surface area contributed by atoms with Crippen molar-refractivity contribution in [2.45, 2.75) is 52.5 Å². The van der Waals surface area contributed by atoms with Crippen molar-refractivity contribution < 1.29 is 0 Å². The number of nitrogens with two attached hydrogens (primary N) is 1. The average molecular weight is 247 g/mol. The first-order chi connectivity index (χ1) is 8.47. The highest BCUT2D eigenvalue weighted by molar-refractivity contribution is 5.35. The van der Waals surface area contributed by atoms with Crippen molar-refractivity contribution in [1.29, 1.82) is 0 Å². The molecule has 0 amide bonds. The lowest BCUT2D eigenvalue weighted by molar-refractivity contribution is 0.226. The van der Waals surface area contributed by atoms with Gasteiger partial charge in [0.1, 0.15) is 0 Å². The summed E-state index contributed by atoms with van der Waals surface area (Å²) in [6.07, 6.45) is 4.39. The van der Waals surface area contributed by atoms with Gasteiger partial charge in [0.05, 0.1) is 0 Å². The van der Waals surface area contributed by atoms with E-state index in [9.17, 15) is 0 Å². The second kappa shape index (κ2) is 5.37. The first-order valence-corrected chi connectivity index (χ1v) is 6.93. The van der Waals surface area contributed by atoms with Crippen LogP contribution < -0.4 is 5.84 Å². The van der Waals surface area contributed by atoms with E-state index in [4.69, 9.17) is 10.8 Å². The number of aromatic nitrogens is 1. The van der Waals surface area contributed by atoms with Gasteiger partial charge in [-0.2, -0.15) is 0 Å². The molecule has 0 spiro atoms. The SMILES string of the molecule is Cc1cc(CC(C)C)c2c(n1)CCC(N(C)N)C2. The van der Waals surface area contributed by atoms with Gasteiger partial charge in [-0.3, -0.25) is 10.8 Å². The average Bonchev–Trinajstić information content (AvgIpc) is 2.27. The van der Waals surface area contributed by atoms with E-state index in [-0.39, 0.29) is 0 Å². The molecule has 0 saturated carbocycles. The van der Waals surface area contributed by atoms with Gasteiger partial charge in [-0.05, 0) is 55.7 Å². The van der Waals surface area contributed by atoms with Crippen LogP contribution in [0.4, 0.5) is 0 Å². The molecule has 2 rings (SSSR count). The topological polar surface area (TPSA) is 42.2 Å². The third-order valence-electron chi connectivity index (χ3n) is 3.79. The minimum atomic E-state index is 0.466. The van der Waals surface area contributed by atoms with Crippen LogP contribution in [0, 0.1) is 12.8 Å². The van der Waals surface area contributed by atoms with Gasteiger partial charge in [0.2, 0.25) is 0 Å². The molecule has 1 heterocycles. The van der Waals surface area contributed by atoms with E-state index in [1.165, 1.54) is 16.8 Å². The van der Waals surface area contributed by atoms with Crippen LogP contribution in [0.5, 0.6) is 0 Å². The Hall–Kier alpha value is -0.930. The first kappa shape index (κ1) is 13.5. The fourth-order valence-electron chi connectivity index (χ4n) is 2.90. The van der Waals surface area contributed by atoms with Crippen molar-refractivity contribution >= 4 is 0 Å². The van der Waals surface area contributed by atoms with Crippen LogP contribution in [0.3, 0.4) is 0 Å². The highest BCUT2D eigenvalue weighted by atomic mass is 15.4. The summed E-state index contributed by atoms with van der Waals surface area (Å²) < 4.78 is 0. The summed E-state index contributed by atoms with van der Waals surface area (Å²) in [5.74, 6) is 6.61. The minimum Gasteiger partial charge on any atom is -0.269 e. The van der Waals surface area contributed by atoms with Crippen LogP contribution in [0.25, 0.3) is 0 Å². The number of hydrazine groups is 1. The largest absolute Gasteiger partial charge is 0.269 e. The van der Waals surface area contributed by atoms with E-state index in [2.05, 4.69) is 26.8 Å². The van der Waals surface area contributed by atoms with E-state index < -0.39 is 0 Å². The molecule has 1 atom stereocenters. The molecule has 0 radical (unpaired) electrons. The molecule has 0 bridgehead atoms. The Morgan fingerprint density at radius 3 is 2.83 bits per heavy atom. The standard InChI is InChI=1S/C15H25N3/c1-10(2)7-12-8-11(3)17-15-6-5-13(18(4)16)9-14(12)15/h8,10,13H,5-7,9,16H2,1-4H3. The van der Waals surface area contributed by atoms with Crippen molar-refractivity contribution in [3.63, 3.8) is 0 Å². The van der Waals surface area contributed by atoms with Crippen LogP contribution in [0.2, 0.25) is 0 Å². The molecule has 0 fully saturated rings. The highest BCUT2D eigenvalue weighted by Crippen LogP contribution is 2.27. The molecular formula is C15H25N3. The molecule has 1 aromatic heterocycles. The number of fused-ring (bicyclic) bond motifs is 1. The lowest BCUT2D eigenvalue weighted by Gasteiger charge is -2.30. The van der Waals surface area contributed by atoms with Gasteiger partial charge in [0.25, 0.3) is 0 Å². The zero-order valence-corrected chi connectivity index (χ0v) is 12.0. The lowest BCUT2D eigenvalue weighted by Crippen LogP contribution is -2.41. The number of likely N-dealkylation sites (N-methyl/N-ethyl adjacent to an activating group) is 1. The van der Waals surface area contributed by atoms with Gasteiger partial charge in [-0.25, -0.2) is 5.01 Å². The molecule has 3 nitrogen and oxygen atoms in total. The molecule has 1 aliphatic rings. The van der Waals surface area contributed by atoms with Gasteiger partial charge in [-0.15, -0.1) is 0 Å². The molecule has 1 aliphatic carbocycles. The summed E-state index contributed by atoms with van der Waals surface area (Å²) in [7, 11) is 1.97. The first-order valence-electron chi connectivity index (χ1n) is 6.93. The molecule has 0 aromatic carbocycles. The zero-order chi connectivity index (χ0) is 13.3. The summed E-state index contributed by atoms with van der Waals surface area (Å²) in [4.78, 5) is 4.72. The Bertz CT molecular complexity index is 424. The van der Waals surface area contributed by atoms with Gasteiger partial charge in [-0.1, -0.05) is 13.8 Å². The Morgan fingerprint density at radius 1 is 1.50 bits per heavy atom. The maximum Gasteiger partial charge on any atom is 0.0442 e. The second-order valence-corrected chi connectivity index (χ2v) is 6.01. The lowest BCUT2D eigenvalue weighted by atomic mass is 9.85. The van der Waals surface area contributed by atoms with E-state index >= 15 is 0 Å². The molecule has 3 heteroatoms. The maximum absolute atomic E-state index is 5.92. The number of hydrogen-bond donors (Lipinski definition) is 1. The summed E-state index contributed by atoms with van der Waals surface area (Å²) in [5, 5.41) is 1.86. The minimum absolute atomic E-state index is 0.466. The van der Waals surface area contributed by atoms with E-state index in [0.717, 1.165) is 31.4 Å². The predicted octanol–water partition coefficient (Wildman–Crippen LogP) is 2.25. The maximum atomic E-state index is 5.92. The van der Waals surface area contributed by atoms with Crippen molar-refractivity contribution in [1.82, 2.24) is 9.99 Å². The monoisotopic (exact) mass is 247 g/mol. The van der Waals surface area contributed by atoms with Crippen LogP contribution >= 0.6 is 0 Å². The van der Waals surface area contributed by atoms with E-state index in [1.807, 2.05) is 12.1 Å². The fourth-order valence-corrected chi connectivity index (χ4v) is 2.90. The van der Waals surface area contributed by atoms with Crippen LogP contribution in [0.15, 0.2) is 6.07 Å². The predicted molar refractivity (Wildman–Crippen MR) is 75.3 cm³/mol. The molecule has 0 saturated heterocycles. The van der Waals surface area contributed by atoms with Gasteiger partial charge in [0, 0.05) is 24.5 Å². The molecule has 0 aliphatic heterocycles. The Balaban J connectivity index is 2.34. The van der Waals surface area contributed by atoms with Crippen LogP contribution in [-0.2, 0) is 19.3 Å². The summed E-state index contributed by atoms with van der Waals surface area (Å²) in [6, 6.07) is 2.73. The number of rotatable bonds is 3. The van der Waals surface area contributed by atoms with Crippen molar-refractivity contribution in [3.05, 3.63) is 28.6 Å². The molecule has 1 aromatic rings. The Morgan fingerprint density at radius 2 is 2.22 bits per heavy atom. The number of nitrogens with zero attached hydrogens (tertiary/aromatic N) is 2. The number of pyridine rings is 1. The normalized spacial score (nSPS) is 19.4. The number of hydrogen-bond acceptors (Lipinski definition) is 3. The van der Waals surface area contributed by atoms with Crippen LogP contribution in [-0.4, -0.2) is 23.1 Å². The molecular weight excluding hydrogens is 222 g/mol. The van der Waals surface area contributed by atoms with Gasteiger partial charge < -0.3 is 0 Å². The molecule has 18 heavy (non-hydrogen) atoms. The van der Waals surface area contributed by atoms with Crippen molar-refractivity contribution in [3.8, 4) is 0 Å². The quantitative estimate of drug-likeness (QED) is 0.658. The van der Waals surface area contributed by atoms with Crippen LogP contribution in [0.1, 0.15) is 42.8 Å². The van der Waals surface area contributed by atoms with Crippen molar-refractivity contribution in [2.24, 2.45) is 11.8 Å². The third kappa shape index (κ3) is 2.90. The smallest absolute Gasteiger partial charge is 0.0442 e. The van der Waals surface area contributed by atoms with Gasteiger partial charge >= 0.3 is 0 Å². The third-order valence-corrected chi connectivity index (χ3v) is 3.79. The van der Waals surface area contributed by atoms with Crippen molar-refractivity contribution in [2.75, 3.05) is 7.05 Å². The second-order valence-electron chi connectivity index (χ2n) is 6.01. The highest BCUT2D eigenvalue weighted by Gasteiger charge is 2.24. The van der Waals surface area contributed by atoms with E-state index in [0.29, 0.717) is 12.0 Å². The Kier molecular flexibility index (Phi) is 4.03. The Labute approximate surface area is 110 Å². The molecule has 2 N–H and O–H groups in total. The van der Waals surface area contributed by atoms with Gasteiger partial charge in [0.15, 0.2) is 0 Å². The summed E-state index contributed by atoms with van der Waals surface area (Å²) in [5.41, 5.74) is 5.41. The number of aryl methyl sites for hydroxylation is 2. The zero-order valence-electron chi connectivity index (χ0n) is 12.0. The molecule has 100 valence electrons. The molecule has 1 unspecified atom stereocenters.